The van der Waals surface area contributed by atoms with E-state index >= 15 is 0 Å². The third-order valence-electron chi connectivity index (χ3n) is 4.32. The number of pyridine rings is 1. The highest BCUT2D eigenvalue weighted by molar-refractivity contribution is 5.94. The van der Waals surface area contributed by atoms with Gasteiger partial charge in [0.05, 0.1) is 18.4 Å². The lowest BCUT2D eigenvalue weighted by atomic mass is 10.1. The van der Waals surface area contributed by atoms with Crippen LogP contribution in [0.1, 0.15) is 11.3 Å². The lowest BCUT2D eigenvalue weighted by molar-refractivity contribution is -0.114. The molecule has 0 aliphatic carbocycles. The van der Waals surface area contributed by atoms with Crippen LogP contribution in [0.3, 0.4) is 0 Å². The van der Waals surface area contributed by atoms with Crippen LogP contribution in [0.5, 0.6) is 0 Å². The van der Waals surface area contributed by atoms with Crippen molar-refractivity contribution in [1.82, 2.24) is 24.6 Å². The summed E-state index contributed by atoms with van der Waals surface area (Å²) in [5, 5.41) is 17.1. The zero-order chi connectivity index (χ0) is 21.1. The van der Waals surface area contributed by atoms with Gasteiger partial charge in [-0.1, -0.05) is 6.07 Å². The molecule has 0 aliphatic heterocycles. The molecule has 1 aromatic carbocycles. The highest BCUT2D eigenvalue weighted by Crippen LogP contribution is 2.23. The summed E-state index contributed by atoms with van der Waals surface area (Å²) in [4.78, 5) is 24.9. The van der Waals surface area contributed by atoms with E-state index < -0.39 is 5.82 Å². The molecule has 0 saturated heterocycles. The molecule has 3 N–H and O–H groups in total. The first-order chi connectivity index (χ1) is 14.5. The van der Waals surface area contributed by atoms with Crippen molar-refractivity contribution in [2.75, 3.05) is 17.2 Å². The molecule has 9 nitrogen and oxygen atoms in total. The summed E-state index contributed by atoms with van der Waals surface area (Å²) in [6.07, 6.45) is 5.52. The van der Waals surface area contributed by atoms with Gasteiger partial charge in [0.25, 0.3) is 0 Å². The SMILES string of the molecule is Cc1ccc(-c2cnc(C=N)c(NCC(=O)Nc3ccn4ncnc4c3)n2)c(F)c1. The summed E-state index contributed by atoms with van der Waals surface area (Å²) in [5.74, 6) is -0.534. The maximum atomic E-state index is 14.3. The number of nitrogens with one attached hydrogen (secondary N) is 3. The van der Waals surface area contributed by atoms with Gasteiger partial charge >= 0.3 is 0 Å². The van der Waals surface area contributed by atoms with E-state index in [1.807, 2.05) is 0 Å². The lowest BCUT2D eigenvalue weighted by Crippen LogP contribution is -2.23. The van der Waals surface area contributed by atoms with Crippen molar-refractivity contribution in [2.24, 2.45) is 0 Å². The van der Waals surface area contributed by atoms with Gasteiger partial charge < -0.3 is 16.0 Å². The fourth-order valence-corrected chi connectivity index (χ4v) is 2.85. The van der Waals surface area contributed by atoms with Crippen LogP contribution < -0.4 is 10.6 Å². The Balaban J connectivity index is 1.50. The molecule has 0 unspecified atom stereocenters. The number of anilines is 2. The predicted molar refractivity (Wildman–Crippen MR) is 110 cm³/mol. The molecule has 1 amide bonds. The summed E-state index contributed by atoms with van der Waals surface area (Å²) >= 11 is 0. The number of carbonyl (C=O) groups excluding carboxylic acids is 1. The van der Waals surface area contributed by atoms with E-state index in [9.17, 15) is 9.18 Å². The monoisotopic (exact) mass is 404 g/mol. The second-order valence-corrected chi connectivity index (χ2v) is 6.50. The Bertz CT molecular complexity index is 1250. The average molecular weight is 404 g/mol. The van der Waals surface area contributed by atoms with E-state index in [-0.39, 0.29) is 24.0 Å². The van der Waals surface area contributed by atoms with E-state index in [1.54, 1.807) is 41.9 Å². The summed E-state index contributed by atoms with van der Waals surface area (Å²) < 4.78 is 15.9. The molecule has 4 aromatic rings. The molecule has 150 valence electrons. The van der Waals surface area contributed by atoms with Crippen LogP contribution in [0.4, 0.5) is 15.9 Å². The first-order valence-electron chi connectivity index (χ1n) is 9.00. The van der Waals surface area contributed by atoms with Gasteiger partial charge in [-0.3, -0.25) is 4.79 Å². The Morgan fingerprint density at radius 1 is 1.27 bits per heavy atom. The summed E-state index contributed by atoms with van der Waals surface area (Å²) in [6, 6.07) is 8.19. The number of amides is 1. The molecular weight excluding hydrogens is 387 g/mol. The van der Waals surface area contributed by atoms with Gasteiger partial charge in [0.1, 0.15) is 17.8 Å². The zero-order valence-corrected chi connectivity index (χ0v) is 15.9. The second kappa shape index (κ2) is 8.03. The normalized spacial score (nSPS) is 10.7. The Morgan fingerprint density at radius 3 is 2.93 bits per heavy atom. The number of fused-ring (bicyclic) bond motifs is 1. The standard InChI is InChI=1S/C20H17FN8O/c1-12-2-3-14(15(21)6-12)17-9-23-16(8-22)20(28-17)24-10-19(30)27-13-4-5-29-18(7-13)25-11-26-29/h2-9,11,22H,10H2,1H3,(H,24,28)(H,27,30). The largest absolute Gasteiger partial charge is 0.359 e. The van der Waals surface area contributed by atoms with Crippen molar-refractivity contribution < 1.29 is 9.18 Å². The van der Waals surface area contributed by atoms with Gasteiger partial charge in [0.2, 0.25) is 5.91 Å². The topological polar surface area (TPSA) is 121 Å². The third kappa shape index (κ3) is 3.97. The van der Waals surface area contributed by atoms with Gasteiger partial charge in [0.15, 0.2) is 11.5 Å². The van der Waals surface area contributed by atoms with Gasteiger partial charge in [0, 0.05) is 29.7 Å². The molecule has 0 spiro atoms. The van der Waals surface area contributed by atoms with Gasteiger partial charge in [-0.25, -0.2) is 23.9 Å². The molecule has 30 heavy (non-hydrogen) atoms. The number of benzene rings is 1. The first kappa shape index (κ1) is 19.1. The van der Waals surface area contributed by atoms with Crippen molar-refractivity contribution in [1.29, 1.82) is 5.41 Å². The van der Waals surface area contributed by atoms with E-state index in [4.69, 9.17) is 5.41 Å². The molecule has 0 atom stereocenters. The Kier molecular flexibility index (Phi) is 5.12. The fraction of sp³-hybridized carbons (Fsp3) is 0.100. The Hall–Kier alpha value is -4.21. The molecule has 0 aliphatic rings. The highest BCUT2D eigenvalue weighted by Gasteiger charge is 2.12. The summed E-state index contributed by atoms with van der Waals surface area (Å²) in [5.41, 5.74) is 2.79. The number of rotatable bonds is 6. The first-order valence-corrected chi connectivity index (χ1v) is 9.00. The smallest absolute Gasteiger partial charge is 0.243 e. The van der Waals surface area contributed by atoms with E-state index in [2.05, 4.69) is 30.7 Å². The summed E-state index contributed by atoms with van der Waals surface area (Å²) in [6.45, 7) is 1.68. The number of nitrogens with zero attached hydrogens (tertiary/aromatic N) is 5. The molecule has 10 heteroatoms. The molecule has 3 aromatic heterocycles. The molecule has 3 heterocycles. The van der Waals surface area contributed by atoms with Gasteiger partial charge in [-0.05, 0) is 30.7 Å². The quantitative estimate of drug-likeness (QED) is 0.425. The number of hydrogen-bond donors (Lipinski definition) is 3. The Labute approximate surface area is 170 Å². The number of aromatic nitrogens is 5. The maximum absolute atomic E-state index is 14.3. The minimum Gasteiger partial charge on any atom is -0.359 e. The van der Waals surface area contributed by atoms with E-state index in [0.717, 1.165) is 11.8 Å². The number of aryl methyl sites for hydroxylation is 1. The van der Waals surface area contributed by atoms with Crippen molar-refractivity contribution in [3.63, 3.8) is 0 Å². The fourth-order valence-electron chi connectivity index (χ4n) is 2.85. The third-order valence-corrected chi connectivity index (χ3v) is 4.32. The minimum atomic E-state index is -0.417. The van der Waals surface area contributed by atoms with Crippen LogP contribution >= 0.6 is 0 Å². The van der Waals surface area contributed by atoms with Gasteiger partial charge in [-0.15, -0.1) is 0 Å². The molecule has 0 radical (unpaired) electrons. The lowest BCUT2D eigenvalue weighted by Gasteiger charge is -2.11. The van der Waals surface area contributed by atoms with Crippen molar-refractivity contribution in [2.45, 2.75) is 6.92 Å². The zero-order valence-electron chi connectivity index (χ0n) is 15.9. The van der Waals surface area contributed by atoms with Crippen LogP contribution in [0.15, 0.2) is 49.1 Å². The van der Waals surface area contributed by atoms with E-state index in [0.29, 0.717) is 22.6 Å². The number of halogens is 1. The second-order valence-electron chi connectivity index (χ2n) is 6.50. The van der Waals surface area contributed by atoms with Crippen LogP contribution in [-0.4, -0.2) is 43.2 Å². The van der Waals surface area contributed by atoms with Gasteiger partial charge in [-0.2, -0.15) is 5.10 Å². The molecule has 0 fully saturated rings. The number of carbonyl (C=O) groups is 1. The molecule has 0 saturated carbocycles. The average Bonchev–Trinajstić information content (AvgIpc) is 3.20. The Morgan fingerprint density at radius 2 is 2.13 bits per heavy atom. The van der Waals surface area contributed by atoms with Crippen molar-refractivity contribution >= 4 is 29.3 Å². The molecular formula is C20H17FN8O. The predicted octanol–water partition coefficient (Wildman–Crippen LogP) is 2.68. The van der Waals surface area contributed by atoms with Crippen LogP contribution in [0.2, 0.25) is 0 Å². The van der Waals surface area contributed by atoms with Crippen molar-refractivity contribution in [3.05, 3.63) is 66.1 Å². The van der Waals surface area contributed by atoms with Crippen LogP contribution in [0, 0.1) is 18.2 Å². The summed E-state index contributed by atoms with van der Waals surface area (Å²) in [7, 11) is 0. The van der Waals surface area contributed by atoms with Crippen LogP contribution in [0.25, 0.3) is 16.9 Å². The maximum Gasteiger partial charge on any atom is 0.243 e. The molecule has 0 bridgehead atoms. The van der Waals surface area contributed by atoms with Crippen LogP contribution in [-0.2, 0) is 4.79 Å². The minimum absolute atomic E-state index is 0.118. The van der Waals surface area contributed by atoms with E-state index in [1.165, 1.54) is 18.6 Å². The number of hydrogen-bond acceptors (Lipinski definition) is 7. The molecule has 4 rings (SSSR count). The van der Waals surface area contributed by atoms with Crippen molar-refractivity contribution in [3.8, 4) is 11.3 Å². The highest BCUT2D eigenvalue weighted by atomic mass is 19.1.